The van der Waals surface area contributed by atoms with Crippen molar-refractivity contribution in [1.82, 2.24) is 5.32 Å². The minimum atomic E-state index is 0.576. The second-order valence-corrected chi connectivity index (χ2v) is 5.10. The largest absolute Gasteiger partial charge is 0.362 e. The second kappa shape index (κ2) is 4.15. The lowest BCUT2D eigenvalue weighted by Gasteiger charge is -1.99. The SMILES string of the molecule is CC1CSC(=NCc2cccs2)N1. The zero-order valence-electron chi connectivity index (χ0n) is 7.49. The van der Waals surface area contributed by atoms with Crippen LogP contribution in [-0.2, 0) is 6.54 Å². The molecule has 2 nitrogen and oxygen atoms in total. The zero-order chi connectivity index (χ0) is 9.10. The monoisotopic (exact) mass is 212 g/mol. The summed E-state index contributed by atoms with van der Waals surface area (Å²) in [7, 11) is 0. The van der Waals surface area contributed by atoms with Gasteiger partial charge in [-0.1, -0.05) is 17.8 Å². The molecule has 2 heterocycles. The summed E-state index contributed by atoms with van der Waals surface area (Å²) in [5, 5.41) is 6.52. The standard InChI is InChI=1S/C9H12N2S2/c1-7-6-13-9(11-7)10-5-8-3-2-4-12-8/h2-4,7H,5-6H2,1H3,(H,10,11). The van der Waals surface area contributed by atoms with Crippen LogP contribution in [0.5, 0.6) is 0 Å². The average Bonchev–Trinajstić information content (AvgIpc) is 2.71. The van der Waals surface area contributed by atoms with Crippen molar-refractivity contribution in [3.05, 3.63) is 22.4 Å². The maximum atomic E-state index is 4.50. The van der Waals surface area contributed by atoms with Crippen LogP contribution in [-0.4, -0.2) is 17.0 Å². The highest BCUT2D eigenvalue weighted by Gasteiger charge is 2.14. The summed E-state index contributed by atoms with van der Waals surface area (Å²) in [4.78, 5) is 5.82. The fourth-order valence-electron chi connectivity index (χ4n) is 1.14. The fourth-order valence-corrected chi connectivity index (χ4v) is 2.70. The third-order valence-corrected chi connectivity index (χ3v) is 3.85. The normalized spacial score (nSPS) is 25.0. The van der Waals surface area contributed by atoms with E-state index in [4.69, 9.17) is 0 Å². The van der Waals surface area contributed by atoms with Crippen molar-refractivity contribution in [2.45, 2.75) is 19.5 Å². The van der Waals surface area contributed by atoms with Crippen LogP contribution in [0.2, 0.25) is 0 Å². The Morgan fingerprint density at radius 2 is 2.62 bits per heavy atom. The summed E-state index contributed by atoms with van der Waals surface area (Å²) in [5.74, 6) is 1.14. The van der Waals surface area contributed by atoms with E-state index in [-0.39, 0.29) is 0 Å². The molecule has 4 heteroatoms. The summed E-state index contributed by atoms with van der Waals surface area (Å²) in [6, 6.07) is 4.77. The maximum Gasteiger partial charge on any atom is 0.157 e. The Balaban J connectivity index is 1.91. The Bertz CT molecular complexity index is 293. The number of thioether (sulfide) groups is 1. The molecule has 1 atom stereocenters. The average molecular weight is 212 g/mol. The van der Waals surface area contributed by atoms with Gasteiger partial charge in [-0.15, -0.1) is 11.3 Å². The van der Waals surface area contributed by atoms with Gasteiger partial charge in [0.1, 0.15) is 0 Å². The molecule has 0 aromatic carbocycles. The molecular weight excluding hydrogens is 200 g/mol. The number of hydrogen-bond acceptors (Lipinski definition) is 3. The van der Waals surface area contributed by atoms with Gasteiger partial charge in [-0.25, -0.2) is 0 Å². The van der Waals surface area contributed by atoms with E-state index in [1.807, 2.05) is 11.8 Å². The number of hydrogen-bond donors (Lipinski definition) is 1. The summed E-state index contributed by atoms with van der Waals surface area (Å²) >= 11 is 3.58. The van der Waals surface area contributed by atoms with Crippen molar-refractivity contribution < 1.29 is 0 Å². The van der Waals surface area contributed by atoms with Crippen LogP contribution < -0.4 is 5.32 Å². The van der Waals surface area contributed by atoms with Crippen LogP contribution in [0.3, 0.4) is 0 Å². The van der Waals surface area contributed by atoms with Crippen molar-refractivity contribution in [1.29, 1.82) is 0 Å². The molecule has 1 aromatic rings. The van der Waals surface area contributed by atoms with Crippen molar-refractivity contribution in [2.24, 2.45) is 4.99 Å². The number of thiophene rings is 1. The second-order valence-electron chi connectivity index (χ2n) is 3.06. The van der Waals surface area contributed by atoms with E-state index < -0.39 is 0 Å². The molecule has 0 amide bonds. The predicted octanol–water partition coefficient (Wildman–Crippen LogP) is 2.33. The third kappa shape index (κ3) is 2.48. The Kier molecular flexibility index (Phi) is 2.90. The van der Waals surface area contributed by atoms with Crippen LogP contribution in [0.15, 0.2) is 22.5 Å². The molecule has 0 radical (unpaired) electrons. The van der Waals surface area contributed by atoms with Crippen LogP contribution in [0.1, 0.15) is 11.8 Å². The first-order valence-electron chi connectivity index (χ1n) is 4.31. The van der Waals surface area contributed by atoms with Gasteiger partial charge in [0.25, 0.3) is 0 Å². The van der Waals surface area contributed by atoms with Crippen LogP contribution >= 0.6 is 23.1 Å². The number of nitrogens with one attached hydrogen (secondary N) is 1. The first-order chi connectivity index (χ1) is 6.34. The van der Waals surface area contributed by atoms with Gasteiger partial charge in [-0.2, -0.15) is 0 Å². The summed E-state index contributed by atoms with van der Waals surface area (Å²) in [5.41, 5.74) is 0. The highest BCUT2D eigenvalue weighted by Crippen LogP contribution is 2.15. The zero-order valence-corrected chi connectivity index (χ0v) is 9.12. The van der Waals surface area contributed by atoms with E-state index in [0.717, 1.165) is 17.5 Å². The molecule has 1 N–H and O–H groups in total. The minimum absolute atomic E-state index is 0.576. The van der Waals surface area contributed by atoms with Crippen molar-refractivity contribution >= 4 is 28.3 Å². The van der Waals surface area contributed by atoms with E-state index in [0.29, 0.717) is 6.04 Å². The summed E-state index contributed by atoms with van der Waals surface area (Å²) in [6.07, 6.45) is 0. The highest BCUT2D eigenvalue weighted by molar-refractivity contribution is 8.14. The molecule has 1 unspecified atom stereocenters. The first kappa shape index (κ1) is 9.09. The predicted molar refractivity (Wildman–Crippen MR) is 60.5 cm³/mol. The van der Waals surface area contributed by atoms with Crippen molar-refractivity contribution in [3.63, 3.8) is 0 Å². The molecule has 0 bridgehead atoms. The maximum absolute atomic E-state index is 4.50. The van der Waals surface area contributed by atoms with E-state index in [2.05, 4.69) is 34.7 Å². The van der Waals surface area contributed by atoms with Crippen LogP contribution in [0.4, 0.5) is 0 Å². The number of amidine groups is 1. The molecule has 0 saturated carbocycles. The third-order valence-electron chi connectivity index (χ3n) is 1.80. The van der Waals surface area contributed by atoms with Gasteiger partial charge in [0, 0.05) is 16.7 Å². The van der Waals surface area contributed by atoms with Gasteiger partial charge >= 0.3 is 0 Å². The molecule has 70 valence electrons. The van der Waals surface area contributed by atoms with Crippen LogP contribution in [0, 0.1) is 0 Å². The van der Waals surface area contributed by atoms with E-state index in [9.17, 15) is 0 Å². The fraction of sp³-hybridized carbons (Fsp3) is 0.444. The van der Waals surface area contributed by atoms with E-state index in [1.165, 1.54) is 4.88 Å². The van der Waals surface area contributed by atoms with Gasteiger partial charge in [0.05, 0.1) is 6.54 Å². The number of aliphatic imine (C=N–C) groups is 1. The Hall–Kier alpha value is -0.480. The molecule has 1 fully saturated rings. The topological polar surface area (TPSA) is 24.4 Å². The molecule has 1 aliphatic rings. The molecule has 1 aromatic heterocycles. The van der Waals surface area contributed by atoms with Gasteiger partial charge in [0.15, 0.2) is 5.17 Å². The smallest absolute Gasteiger partial charge is 0.157 e. The summed E-state index contributed by atoms with van der Waals surface area (Å²) in [6.45, 7) is 3.00. The lowest BCUT2D eigenvalue weighted by Crippen LogP contribution is -2.23. The van der Waals surface area contributed by atoms with Gasteiger partial charge in [-0.05, 0) is 18.4 Å². The Morgan fingerprint density at radius 1 is 1.69 bits per heavy atom. The Morgan fingerprint density at radius 3 is 3.23 bits per heavy atom. The summed E-state index contributed by atoms with van der Waals surface area (Å²) < 4.78 is 0. The molecule has 2 rings (SSSR count). The van der Waals surface area contributed by atoms with Gasteiger partial charge < -0.3 is 5.32 Å². The highest BCUT2D eigenvalue weighted by atomic mass is 32.2. The number of nitrogens with zero attached hydrogens (tertiary/aromatic N) is 1. The van der Waals surface area contributed by atoms with Crippen LogP contribution in [0.25, 0.3) is 0 Å². The lowest BCUT2D eigenvalue weighted by molar-refractivity contribution is 0.764. The van der Waals surface area contributed by atoms with Gasteiger partial charge in [0.2, 0.25) is 0 Å². The van der Waals surface area contributed by atoms with Gasteiger partial charge in [-0.3, -0.25) is 4.99 Å². The molecule has 1 aliphatic heterocycles. The quantitative estimate of drug-likeness (QED) is 0.813. The number of rotatable bonds is 2. The molecule has 0 aliphatic carbocycles. The van der Waals surface area contributed by atoms with E-state index >= 15 is 0 Å². The van der Waals surface area contributed by atoms with Crippen molar-refractivity contribution in [2.75, 3.05) is 5.75 Å². The Labute approximate surface area is 86.5 Å². The first-order valence-corrected chi connectivity index (χ1v) is 6.17. The molecular formula is C9H12N2S2. The minimum Gasteiger partial charge on any atom is -0.362 e. The molecule has 0 spiro atoms. The molecule has 1 saturated heterocycles. The molecule has 13 heavy (non-hydrogen) atoms. The van der Waals surface area contributed by atoms with E-state index in [1.54, 1.807) is 11.3 Å². The van der Waals surface area contributed by atoms with Crippen molar-refractivity contribution in [3.8, 4) is 0 Å². The lowest BCUT2D eigenvalue weighted by atomic mass is 10.4.